The minimum absolute atomic E-state index is 0.118. The van der Waals surface area contributed by atoms with Crippen molar-refractivity contribution in [3.8, 4) is 5.75 Å². The van der Waals surface area contributed by atoms with Crippen LogP contribution < -0.4 is 15.0 Å². The minimum atomic E-state index is 0.118. The topological polar surface area (TPSA) is 59.5 Å². The zero-order valence-corrected chi connectivity index (χ0v) is 15.0. The van der Waals surface area contributed by atoms with E-state index in [1.807, 2.05) is 12.3 Å². The maximum Gasteiger partial charge on any atom is 0.133 e. The van der Waals surface area contributed by atoms with Crippen LogP contribution >= 0.6 is 0 Å². The van der Waals surface area contributed by atoms with E-state index in [4.69, 9.17) is 19.4 Å². The average molecular weight is 342 g/mol. The molecule has 1 unspecified atom stereocenters. The van der Waals surface area contributed by atoms with Gasteiger partial charge in [-0.2, -0.15) is 0 Å². The van der Waals surface area contributed by atoms with Crippen LogP contribution in [0.4, 0.5) is 5.82 Å². The van der Waals surface area contributed by atoms with Crippen LogP contribution in [0.3, 0.4) is 0 Å². The molecule has 0 aromatic carbocycles. The number of aromatic nitrogens is 2. The van der Waals surface area contributed by atoms with Crippen molar-refractivity contribution in [2.45, 2.75) is 32.3 Å². The van der Waals surface area contributed by atoms with Crippen molar-refractivity contribution in [1.82, 2.24) is 15.3 Å². The highest BCUT2D eigenvalue weighted by Gasteiger charge is 2.24. The minimum Gasteiger partial charge on any atom is -0.490 e. The van der Waals surface area contributed by atoms with Gasteiger partial charge in [0, 0.05) is 43.2 Å². The van der Waals surface area contributed by atoms with Gasteiger partial charge in [-0.15, -0.1) is 0 Å². The largest absolute Gasteiger partial charge is 0.490 e. The Labute approximate surface area is 148 Å². The molecule has 0 amide bonds. The van der Waals surface area contributed by atoms with Crippen molar-refractivity contribution in [2.24, 2.45) is 0 Å². The fourth-order valence-electron chi connectivity index (χ4n) is 3.62. The SMILES string of the molecule is CC(C)Oc1cc(N2CCOCC2)nc2c(C3CCNC3)nccc12. The monoisotopic (exact) mass is 342 g/mol. The Bertz CT molecular complexity index is 738. The lowest BCUT2D eigenvalue weighted by Gasteiger charge is -2.29. The highest BCUT2D eigenvalue weighted by molar-refractivity contribution is 5.89. The first-order valence-corrected chi connectivity index (χ1v) is 9.22. The fourth-order valence-corrected chi connectivity index (χ4v) is 3.62. The summed E-state index contributed by atoms with van der Waals surface area (Å²) in [7, 11) is 0. The third kappa shape index (κ3) is 3.41. The maximum absolute atomic E-state index is 6.14. The molecule has 2 aromatic rings. The first-order chi connectivity index (χ1) is 12.2. The third-order valence-electron chi connectivity index (χ3n) is 4.85. The van der Waals surface area contributed by atoms with Crippen molar-refractivity contribution < 1.29 is 9.47 Å². The number of pyridine rings is 2. The van der Waals surface area contributed by atoms with Crippen molar-refractivity contribution in [2.75, 3.05) is 44.3 Å². The van der Waals surface area contributed by atoms with Crippen LogP contribution in [0.2, 0.25) is 0 Å². The summed E-state index contributed by atoms with van der Waals surface area (Å²) in [5.41, 5.74) is 2.07. The van der Waals surface area contributed by atoms with Crippen molar-refractivity contribution in [3.05, 3.63) is 24.0 Å². The lowest BCUT2D eigenvalue weighted by Crippen LogP contribution is -2.36. The second kappa shape index (κ2) is 7.14. The van der Waals surface area contributed by atoms with Crippen LogP contribution in [0.5, 0.6) is 5.75 Å². The predicted octanol–water partition coefficient (Wildman–Crippen LogP) is 2.33. The van der Waals surface area contributed by atoms with E-state index in [0.717, 1.165) is 74.0 Å². The molecule has 25 heavy (non-hydrogen) atoms. The van der Waals surface area contributed by atoms with E-state index in [2.05, 4.69) is 30.1 Å². The Hall–Kier alpha value is -1.92. The number of fused-ring (bicyclic) bond motifs is 1. The number of morpholine rings is 1. The highest BCUT2D eigenvalue weighted by Crippen LogP contribution is 2.34. The van der Waals surface area contributed by atoms with Crippen LogP contribution in [0.25, 0.3) is 10.9 Å². The first-order valence-electron chi connectivity index (χ1n) is 9.22. The Balaban J connectivity index is 1.83. The molecule has 2 aromatic heterocycles. The van der Waals surface area contributed by atoms with Gasteiger partial charge in [0.1, 0.15) is 11.6 Å². The number of rotatable bonds is 4. The van der Waals surface area contributed by atoms with E-state index in [1.165, 1.54) is 0 Å². The molecule has 1 atom stereocenters. The molecule has 4 heterocycles. The van der Waals surface area contributed by atoms with E-state index in [0.29, 0.717) is 5.92 Å². The van der Waals surface area contributed by atoms with Crippen LogP contribution in [0.1, 0.15) is 31.9 Å². The quantitative estimate of drug-likeness (QED) is 0.920. The molecule has 2 aliphatic rings. The molecule has 134 valence electrons. The standard InChI is InChI=1S/C19H26N4O2/c1-13(2)25-16-11-17(23-7-9-24-10-8-23)22-19-15(16)4-6-21-18(19)14-3-5-20-12-14/h4,6,11,13-14,20H,3,5,7-10,12H2,1-2H3. The fraction of sp³-hybridized carbons (Fsp3) is 0.579. The van der Waals surface area contributed by atoms with Crippen LogP contribution in [-0.4, -0.2) is 55.5 Å². The summed E-state index contributed by atoms with van der Waals surface area (Å²) in [4.78, 5) is 12.0. The summed E-state index contributed by atoms with van der Waals surface area (Å²) in [6, 6.07) is 4.10. The molecule has 0 spiro atoms. The van der Waals surface area contributed by atoms with Gasteiger partial charge in [0.05, 0.1) is 30.5 Å². The van der Waals surface area contributed by atoms with E-state index < -0.39 is 0 Å². The van der Waals surface area contributed by atoms with Crippen molar-refractivity contribution in [1.29, 1.82) is 0 Å². The van der Waals surface area contributed by atoms with E-state index in [-0.39, 0.29) is 6.10 Å². The molecule has 0 bridgehead atoms. The zero-order valence-electron chi connectivity index (χ0n) is 15.0. The van der Waals surface area contributed by atoms with Crippen molar-refractivity contribution in [3.63, 3.8) is 0 Å². The van der Waals surface area contributed by atoms with E-state index in [9.17, 15) is 0 Å². The lowest BCUT2D eigenvalue weighted by molar-refractivity contribution is 0.122. The number of hydrogen-bond acceptors (Lipinski definition) is 6. The van der Waals surface area contributed by atoms with Gasteiger partial charge in [-0.05, 0) is 32.9 Å². The number of anilines is 1. The Morgan fingerprint density at radius 1 is 1.32 bits per heavy atom. The number of nitrogens with zero attached hydrogens (tertiary/aromatic N) is 3. The zero-order chi connectivity index (χ0) is 17.2. The summed E-state index contributed by atoms with van der Waals surface area (Å²) in [6.07, 6.45) is 3.11. The molecular formula is C19H26N4O2. The van der Waals surface area contributed by atoms with E-state index >= 15 is 0 Å². The maximum atomic E-state index is 6.14. The summed E-state index contributed by atoms with van der Waals surface area (Å²) >= 11 is 0. The number of nitrogens with one attached hydrogen (secondary N) is 1. The molecule has 1 N–H and O–H groups in total. The van der Waals surface area contributed by atoms with Gasteiger partial charge in [0.15, 0.2) is 0 Å². The molecule has 4 rings (SSSR count). The highest BCUT2D eigenvalue weighted by atomic mass is 16.5. The Kier molecular flexibility index (Phi) is 4.72. The molecule has 2 saturated heterocycles. The predicted molar refractivity (Wildman–Crippen MR) is 98.6 cm³/mol. The van der Waals surface area contributed by atoms with Crippen LogP contribution in [0.15, 0.2) is 18.3 Å². The summed E-state index contributed by atoms with van der Waals surface area (Å²) in [5, 5.41) is 4.49. The van der Waals surface area contributed by atoms with Gasteiger partial charge in [-0.25, -0.2) is 4.98 Å². The summed E-state index contributed by atoms with van der Waals surface area (Å²) < 4.78 is 11.6. The van der Waals surface area contributed by atoms with Gasteiger partial charge >= 0.3 is 0 Å². The normalized spacial score (nSPS) is 21.2. The molecule has 0 aliphatic carbocycles. The van der Waals surface area contributed by atoms with Gasteiger partial charge in [0.2, 0.25) is 0 Å². The van der Waals surface area contributed by atoms with Crippen molar-refractivity contribution >= 4 is 16.7 Å². The molecule has 2 fully saturated rings. The van der Waals surface area contributed by atoms with Crippen LogP contribution in [-0.2, 0) is 4.74 Å². The molecule has 2 aliphatic heterocycles. The Morgan fingerprint density at radius 3 is 2.88 bits per heavy atom. The number of hydrogen-bond donors (Lipinski definition) is 1. The van der Waals surface area contributed by atoms with Crippen LogP contribution in [0, 0.1) is 0 Å². The van der Waals surface area contributed by atoms with Gasteiger partial charge in [-0.1, -0.05) is 0 Å². The van der Waals surface area contributed by atoms with E-state index in [1.54, 1.807) is 0 Å². The smallest absolute Gasteiger partial charge is 0.133 e. The molecule has 6 heteroatoms. The Morgan fingerprint density at radius 2 is 2.16 bits per heavy atom. The second-order valence-electron chi connectivity index (χ2n) is 7.03. The lowest BCUT2D eigenvalue weighted by atomic mass is 10.0. The summed E-state index contributed by atoms with van der Waals surface area (Å²) in [6.45, 7) is 9.34. The summed E-state index contributed by atoms with van der Waals surface area (Å²) in [5.74, 6) is 2.28. The number of ether oxygens (including phenoxy) is 2. The molecule has 0 saturated carbocycles. The molecule has 0 radical (unpaired) electrons. The second-order valence-corrected chi connectivity index (χ2v) is 7.03. The molecule has 6 nitrogen and oxygen atoms in total. The van der Waals surface area contributed by atoms with Gasteiger partial charge in [-0.3, -0.25) is 4.98 Å². The van der Waals surface area contributed by atoms with Gasteiger partial charge < -0.3 is 19.7 Å². The van der Waals surface area contributed by atoms with Gasteiger partial charge in [0.25, 0.3) is 0 Å². The molecular weight excluding hydrogens is 316 g/mol. The first kappa shape index (κ1) is 16.5. The average Bonchev–Trinajstić information content (AvgIpc) is 3.16. The third-order valence-corrected chi connectivity index (χ3v) is 4.85.